The molecule has 0 aromatic carbocycles. The van der Waals surface area contributed by atoms with Gasteiger partial charge in [-0.25, -0.2) is 4.98 Å². The number of nitrogens with one attached hydrogen (secondary N) is 1. The summed E-state index contributed by atoms with van der Waals surface area (Å²) in [7, 11) is 0. The van der Waals surface area contributed by atoms with Gasteiger partial charge in [0.15, 0.2) is 0 Å². The van der Waals surface area contributed by atoms with Crippen LogP contribution in [-0.4, -0.2) is 28.5 Å². The van der Waals surface area contributed by atoms with Gasteiger partial charge in [0.1, 0.15) is 12.2 Å². The molecule has 6 heteroatoms. The van der Waals surface area contributed by atoms with Crippen molar-refractivity contribution in [3.63, 3.8) is 0 Å². The lowest BCUT2D eigenvalue weighted by molar-refractivity contribution is -0.141. The summed E-state index contributed by atoms with van der Waals surface area (Å²) in [5.41, 5.74) is 0. The van der Waals surface area contributed by atoms with Crippen LogP contribution in [0.15, 0.2) is 10.6 Å². The first-order valence-electron chi connectivity index (χ1n) is 4.90. The predicted molar refractivity (Wildman–Crippen MR) is 54.8 cm³/mol. The fourth-order valence-corrected chi connectivity index (χ4v) is 1.04. The molecular formula is C10H14N2O4. The molecule has 1 heterocycles. The van der Waals surface area contributed by atoms with Gasteiger partial charge in [-0.1, -0.05) is 6.92 Å². The van der Waals surface area contributed by atoms with E-state index in [-0.39, 0.29) is 18.9 Å². The van der Waals surface area contributed by atoms with Gasteiger partial charge in [0.05, 0.1) is 12.1 Å². The fraction of sp³-hybridized carbons (Fsp3) is 0.500. The molecule has 88 valence electrons. The fourth-order valence-electron chi connectivity index (χ4n) is 1.04. The molecule has 1 aromatic rings. The Kier molecular flexibility index (Phi) is 4.04. The molecule has 1 amide bonds. The van der Waals surface area contributed by atoms with Crippen LogP contribution in [0.5, 0.6) is 0 Å². The molecule has 0 aliphatic heterocycles. The van der Waals surface area contributed by atoms with Crippen LogP contribution in [0.4, 0.5) is 0 Å². The summed E-state index contributed by atoms with van der Waals surface area (Å²) in [4.78, 5) is 25.7. The van der Waals surface area contributed by atoms with Crippen LogP contribution in [0, 0.1) is 12.8 Å². The molecule has 0 aliphatic rings. The Morgan fingerprint density at radius 3 is 2.81 bits per heavy atom. The first-order chi connectivity index (χ1) is 7.49. The number of amides is 1. The topological polar surface area (TPSA) is 92.4 Å². The third-order valence-electron chi connectivity index (χ3n) is 2.01. The standard InChI is InChI=1S/C10H14N2O4/c1-6(10(14)15)4-11-8(13)3-9-12-5-7(2)16-9/h5-6H,3-4H2,1-2H3,(H,11,13)(H,14,15). The second-order valence-corrected chi connectivity index (χ2v) is 3.58. The lowest BCUT2D eigenvalue weighted by Gasteiger charge is -2.06. The number of hydrogen-bond donors (Lipinski definition) is 2. The molecule has 0 bridgehead atoms. The van der Waals surface area contributed by atoms with Gasteiger partial charge in [0.2, 0.25) is 11.8 Å². The SMILES string of the molecule is Cc1cnc(CC(=O)NCC(C)C(=O)O)o1. The van der Waals surface area contributed by atoms with Crippen molar-refractivity contribution < 1.29 is 19.1 Å². The zero-order valence-electron chi connectivity index (χ0n) is 9.19. The minimum Gasteiger partial charge on any atom is -0.481 e. The minimum atomic E-state index is -0.938. The lowest BCUT2D eigenvalue weighted by atomic mass is 10.2. The molecule has 0 spiro atoms. The van der Waals surface area contributed by atoms with Crippen molar-refractivity contribution in [3.05, 3.63) is 17.8 Å². The number of aliphatic carboxylic acids is 1. The van der Waals surface area contributed by atoms with E-state index in [2.05, 4.69) is 10.3 Å². The van der Waals surface area contributed by atoms with Gasteiger partial charge < -0.3 is 14.8 Å². The van der Waals surface area contributed by atoms with Crippen LogP contribution in [0.1, 0.15) is 18.6 Å². The number of rotatable bonds is 5. The van der Waals surface area contributed by atoms with E-state index in [0.717, 1.165) is 0 Å². The first-order valence-corrected chi connectivity index (χ1v) is 4.90. The molecule has 1 atom stereocenters. The van der Waals surface area contributed by atoms with E-state index in [0.29, 0.717) is 11.7 Å². The van der Waals surface area contributed by atoms with Gasteiger partial charge in [-0.3, -0.25) is 9.59 Å². The Morgan fingerprint density at radius 2 is 2.31 bits per heavy atom. The van der Waals surface area contributed by atoms with Crippen molar-refractivity contribution in [1.82, 2.24) is 10.3 Å². The number of hydrogen-bond acceptors (Lipinski definition) is 4. The second-order valence-electron chi connectivity index (χ2n) is 3.58. The van der Waals surface area contributed by atoms with Crippen LogP contribution in [0.25, 0.3) is 0 Å². The van der Waals surface area contributed by atoms with Gasteiger partial charge >= 0.3 is 5.97 Å². The monoisotopic (exact) mass is 226 g/mol. The van der Waals surface area contributed by atoms with Crippen molar-refractivity contribution >= 4 is 11.9 Å². The highest BCUT2D eigenvalue weighted by molar-refractivity contribution is 5.78. The van der Waals surface area contributed by atoms with Crippen molar-refractivity contribution in [1.29, 1.82) is 0 Å². The Balaban J connectivity index is 2.34. The summed E-state index contributed by atoms with van der Waals surface area (Å²) in [6, 6.07) is 0. The lowest BCUT2D eigenvalue weighted by Crippen LogP contribution is -2.32. The predicted octanol–water partition coefficient (Wildman–Crippen LogP) is 0.362. The smallest absolute Gasteiger partial charge is 0.308 e. The van der Waals surface area contributed by atoms with E-state index in [1.54, 1.807) is 6.92 Å². The highest BCUT2D eigenvalue weighted by Gasteiger charge is 2.13. The Morgan fingerprint density at radius 1 is 1.62 bits per heavy atom. The second kappa shape index (κ2) is 5.29. The molecule has 1 unspecified atom stereocenters. The largest absolute Gasteiger partial charge is 0.481 e. The van der Waals surface area contributed by atoms with Crippen molar-refractivity contribution in [2.45, 2.75) is 20.3 Å². The van der Waals surface area contributed by atoms with Gasteiger partial charge in [-0.05, 0) is 6.92 Å². The van der Waals surface area contributed by atoms with E-state index in [1.807, 2.05) is 0 Å². The number of carbonyl (C=O) groups excluding carboxylic acids is 1. The van der Waals surface area contributed by atoms with Crippen molar-refractivity contribution in [3.8, 4) is 0 Å². The van der Waals surface area contributed by atoms with Gasteiger partial charge in [-0.2, -0.15) is 0 Å². The zero-order chi connectivity index (χ0) is 12.1. The quantitative estimate of drug-likeness (QED) is 0.756. The number of carboxylic acid groups (broad SMARTS) is 1. The number of carboxylic acids is 1. The first kappa shape index (κ1) is 12.2. The number of oxazole rings is 1. The molecule has 0 aliphatic carbocycles. The van der Waals surface area contributed by atoms with Crippen LogP contribution >= 0.6 is 0 Å². The van der Waals surface area contributed by atoms with Crippen LogP contribution in [0.2, 0.25) is 0 Å². The molecule has 1 rings (SSSR count). The average molecular weight is 226 g/mol. The Bertz CT molecular complexity index is 386. The molecule has 0 saturated carbocycles. The van der Waals surface area contributed by atoms with Gasteiger partial charge in [0, 0.05) is 6.54 Å². The Labute approximate surface area is 92.7 Å². The van der Waals surface area contributed by atoms with Crippen molar-refractivity contribution in [2.24, 2.45) is 5.92 Å². The van der Waals surface area contributed by atoms with E-state index in [4.69, 9.17) is 9.52 Å². The molecule has 1 aromatic heterocycles. The maximum absolute atomic E-state index is 11.3. The molecule has 2 N–H and O–H groups in total. The summed E-state index contributed by atoms with van der Waals surface area (Å²) in [5.74, 6) is -0.864. The zero-order valence-corrected chi connectivity index (χ0v) is 9.19. The number of aryl methyl sites for hydroxylation is 1. The van der Waals surface area contributed by atoms with Crippen LogP contribution < -0.4 is 5.32 Å². The van der Waals surface area contributed by atoms with Gasteiger partial charge in [0.25, 0.3) is 0 Å². The Hall–Kier alpha value is -1.85. The normalized spacial score (nSPS) is 12.1. The molecule has 0 radical (unpaired) electrons. The summed E-state index contributed by atoms with van der Waals surface area (Å²) in [6.45, 7) is 3.37. The van der Waals surface area contributed by atoms with Gasteiger partial charge in [-0.15, -0.1) is 0 Å². The molecule has 0 fully saturated rings. The van der Waals surface area contributed by atoms with Crippen LogP contribution in [0.3, 0.4) is 0 Å². The third-order valence-corrected chi connectivity index (χ3v) is 2.01. The third kappa shape index (κ3) is 3.72. The minimum absolute atomic E-state index is 0.0280. The maximum atomic E-state index is 11.3. The highest BCUT2D eigenvalue weighted by atomic mass is 16.4. The van der Waals surface area contributed by atoms with Crippen molar-refractivity contribution in [2.75, 3.05) is 6.54 Å². The highest BCUT2D eigenvalue weighted by Crippen LogP contribution is 2.02. The summed E-state index contributed by atoms with van der Waals surface area (Å²) in [5, 5.41) is 11.1. The summed E-state index contributed by atoms with van der Waals surface area (Å²) >= 11 is 0. The van der Waals surface area contributed by atoms with E-state index in [9.17, 15) is 9.59 Å². The maximum Gasteiger partial charge on any atom is 0.308 e. The van der Waals surface area contributed by atoms with E-state index < -0.39 is 11.9 Å². The molecule has 16 heavy (non-hydrogen) atoms. The molecule has 0 saturated heterocycles. The number of aromatic nitrogens is 1. The molecule has 6 nitrogen and oxygen atoms in total. The van der Waals surface area contributed by atoms with Crippen LogP contribution in [-0.2, 0) is 16.0 Å². The number of nitrogens with zero attached hydrogens (tertiary/aromatic N) is 1. The van der Waals surface area contributed by atoms with E-state index in [1.165, 1.54) is 13.1 Å². The number of carbonyl (C=O) groups is 2. The average Bonchev–Trinajstić information content (AvgIpc) is 2.60. The van der Waals surface area contributed by atoms with E-state index >= 15 is 0 Å². The molecular weight excluding hydrogens is 212 g/mol. The summed E-state index contributed by atoms with van der Waals surface area (Å²) in [6.07, 6.45) is 1.56. The summed E-state index contributed by atoms with van der Waals surface area (Å²) < 4.78 is 5.12.